The second kappa shape index (κ2) is 7.98. The quantitative estimate of drug-likeness (QED) is 0.610. The van der Waals surface area contributed by atoms with Crippen molar-refractivity contribution in [2.24, 2.45) is 0 Å². The van der Waals surface area contributed by atoms with Gasteiger partial charge in [0.25, 0.3) is 0 Å². The molecule has 0 amide bonds. The molecule has 0 radical (unpaired) electrons. The average Bonchev–Trinajstić information content (AvgIpc) is 2.48. The third-order valence-corrected chi connectivity index (χ3v) is 3.01. The van der Waals surface area contributed by atoms with Crippen LogP contribution in [0.1, 0.15) is 38.2 Å². The first-order valence-corrected chi connectivity index (χ1v) is 7.17. The Kier molecular flexibility index (Phi) is 5.68. The smallest absolute Gasteiger partial charge is 0.304 e. The second-order valence-electron chi connectivity index (χ2n) is 4.83. The maximum atomic E-state index is 11.3. The lowest BCUT2D eigenvalue weighted by Crippen LogP contribution is -2.16. The first-order valence-electron chi connectivity index (χ1n) is 7.17. The first kappa shape index (κ1) is 14.9. The Balaban J connectivity index is 2.36. The molecule has 106 valence electrons. The van der Waals surface area contributed by atoms with Gasteiger partial charge in [-0.25, -0.2) is 0 Å². The molecule has 0 heterocycles. The van der Waals surface area contributed by atoms with Crippen LogP contribution in [0.2, 0.25) is 0 Å². The van der Waals surface area contributed by atoms with Gasteiger partial charge < -0.3 is 4.74 Å². The minimum absolute atomic E-state index is 0.341. The normalized spacial score (nSPS) is 19.7. The zero-order valence-corrected chi connectivity index (χ0v) is 12.2. The summed E-state index contributed by atoms with van der Waals surface area (Å²) >= 11 is 0. The zero-order valence-electron chi connectivity index (χ0n) is 12.2. The summed E-state index contributed by atoms with van der Waals surface area (Å²) in [6.07, 6.45) is 5.12. The molecule has 1 atom stereocenters. The molecule has 0 aromatic heterocycles. The lowest BCUT2D eigenvalue weighted by Gasteiger charge is -2.11. The highest BCUT2D eigenvalue weighted by Gasteiger charge is 2.13. The summed E-state index contributed by atoms with van der Waals surface area (Å²) in [5.41, 5.74) is 1.77. The molecule has 1 aliphatic rings. The van der Waals surface area contributed by atoms with Crippen molar-refractivity contribution in [1.82, 2.24) is 0 Å². The van der Waals surface area contributed by atoms with Crippen LogP contribution in [0.5, 0.6) is 0 Å². The molecule has 0 fully saturated rings. The van der Waals surface area contributed by atoms with Gasteiger partial charge in [0.05, 0.1) is 5.57 Å². The van der Waals surface area contributed by atoms with Gasteiger partial charge in [-0.15, -0.1) is 0 Å². The van der Waals surface area contributed by atoms with E-state index in [4.69, 9.17) is 4.74 Å². The van der Waals surface area contributed by atoms with Crippen molar-refractivity contribution < 1.29 is 9.53 Å². The summed E-state index contributed by atoms with van der Waals surface area (Å²) in [7, 11) is 0. The minimum atomic E-state index is -0.576. The molecule has 2 heteroatoms. The van der Waals surface area contributed by atoms with E-state index in [1.807, 2.05) is 36.4 Å². The molecule has 0 bridgehead atoms. The van der Waals surface area contributed by atoms with Crippen LogP contribution in [0, 0.1) is 23.7 Å². The molecule has 0 spiro atoms. The van der Waals surface area contributed by atoms with Crippen LogP contribution in [0.3, 0.4) is 0 Å². The van der Waals surface area contributed by atoms with Gasteiger partial charge in [-0.3, -0.25) is 4.79 Å². The third kappa shape index (κ3) is 5.21. The predicted molar refractivity (Wildman–Crippen MR) is 84.0 cm³/mol. The van der Waals surface area contributed by atoms with Gasteiger partial charge in [-0.05, 0) is 24.5 Å². The van der Waals surface area contributed by atoms with Crippen LogP contribution in [0.25, 0.3) is 6.08 Å². The molecule has 1 aromatic carbocycles. The Morgan fingerprint density at radius 2 is 1.90 bits per heavy atom. The molecule has 0 saturated carbocycles. The van der Waals surface area contributed by atoms with Gasteiger partial charge in [0.2, 0.25) is 0 Å². The number of ether oxygens (including phenoxy) is 1. The maximum absolute atomic E-state index is 11.3. The topological polar surface area (TPSA) is 26.3 Å². The van der Waals surface area contributed by atoms with Crippen LogP contribution in [-0.4, -0.2) is 12.1 Å². The summed E-state index contributed by atoms with van der Waals surface area (Å²) in [6, 6.07) is 9.88. The van der Waals surface area contributed by atoms with Crippen LogP contribution >= 0.6 is 0 Å². The van der Waals surface area contributed by atoms with Gasteiger partial charge in [-0.2, -0.15) is 0 Å². The largest absolute Gasteiger partial charge is 0.444 e. The van der Waals surface area contributed by atoms with Crippen LogP contribution in [0.15, 0.2) is 35.9 Å². The van der Waals surface area contributed by atoms with Crippen molar-refractivity contribution in [3.05, 3.63) is 41.5 Å². The number of hydrogen-bond acceptors (Lipinski definition) is 2. The fourth-order valence-corrected chi connectivity index (χ4v) is 2.00. The van der Waals surface area contributed by atoms with Crippen molar-refractivity contribution in [2.45, 2.75) is 38.7 Å². The van der Waals surface area contributed by atoms with Crippen LogP contribution in [0.4, 0.5) is 0 Å². The van der Waals surface area contributed by atoms with Crippen molar-refractivity contribution in [1.29, 1.82) is 0 Å². The summed E-state index contributed by atoms with van der Waals surface area (Å²) < 4.78 is 5.32. The Hall–Kier alpha value is -2.45. The van der Waals surface area contributed by atoms with E-state index in [0.29, 0.717) is 0 Å². The Bertz CT molecular complexity index is 633. The van der Waals surface area contributed by atoms with E-state index < -0.39 is 6.10 Å². The molecular weight excluding hydrogens is 260 g/mol. The number of hydrogen-bond donors (Lipinski definition) is 0. The van der Waals surface area contributed by atoms with E-state index in [9.17, 15) is 4.79 Å². The van der Waals surface area contributed by atoms with Crippen LogP contribution in [-0.2, 0) is 9.53 Å². The Morgan fingerprint density at radius 1 is 1.19 bits per heavy atom. The monoisotopic (exact) mass is 278 g/mol. The van der Waals surface area contributed by atoms with Gasteiger partial charge in [0.15, 0.2) is 6.10 Å². The molecule has 0 aliphatic heterocycles. The number of carbonyl (C=O) groups excluding carboxylic acids is 1. The summed E-state index contributed by atoms with van der Waals surface area (Å²) in [4.78, 5) is 11.3. The fourth-order valence-electron chi connectivity index (χ4n) is 2.00. The highest BCUT2D eigenvalue weighted by atomic mass is 16.5. The molecular formula is C19H18O2. The minimum Gasteiger partial charge on any atom is -0.444 e. The van der Waals surface area contributed by atoms with Crippen molar-refractivity contribution in [3.63, 3.8) is 0 Å². The van der Waals surface area contributed by atoms with E-state index in [2.05, 4.69) is 23.7 Å². The standard InChI is InChI=1S/C19H18O2/c1-16(20)21-19-14-10-5-3-2-4-9-13-18(19)15-17-11-7-6-8-12-17/h6-8,11-12,15,19H,2-5H2,1H3. The van der Waals surface area contributed by atoms with E-state index in [0.717, 1.165) is 36.8 Å². The molecule has 21 heavy (non-hydrogen) atoms. The average molecular weight is 278 g/mol. The molecule has 1 aromatic rings. The number of esters is 1. The lowest BCUT2D eigenvalue weighted by molar-refractivity contribution is -0.142. The van der Waals surface area contributed by atoms with Gasteiger partial charge in [0.1, 0.15) is 0 Å². The molecule has 0 saturated heterocycles. The number of benzene rings is 1. The number of rotatable bonds is 2. The molecule has 2 rings (SSSR count). The SMILES string of the molecule is CC(=O)OC1C#CCCCCC#CC1=Cc1ccccc1. The second-order valence-corrected chi connectivity index (χ2v) is 4.83. The van der Waals surface area contributed by atoms with Gasteiger partial charge >= 0.3 is 5.97 Å². The predicted octanol–water partition coefficient (Wildman–Crippen LogP) is 3.58. The molecule has 1 unspecified atom stereocenters. The fraction of sp³-hybridized carbons (Fsp3) is 0.316. The van der Waals surface area contributed by atoms with Gasteiger partial charge in [-0.1, -0.05) is 54.0 Å². The third-order valence-electron chi connectivity index (χ3n) is 3.01. The van der Waals surface area contributed by atoms with Crippen LogP contribution < -0.4 is 0 Å². The van der Waals surface area contributed by atoms with Crippen molar-refractivity contribution in [2.75, 3.05) is 0 Å². The van der Waals surface area contributed by atoms with Crippen molar-refractivity contribution in [3.8, 4) is 23.7 Å². The molecule has 1 aliphatic carbocycles. The molecule has 2 nitrogen and oxygen atoms in total. The van der Waals surface area contributed by atoms with Crippen molar-refractivity contribution >= 4 is 12.0 Å². The Morgan fingerprint density at radius 3 is 2.62 bits per heavy atom. The highest BCUT2D eigenvalue weighted by Crippen LogP contribution is 2.14. The zero-order chi connectivity index (χ0) is 14.9. The van der Waals surface area contributed by atoms with Gasteiger partial charge in [0, 0.05) is 19.8 Å². The summed E-state index contributed by atoms with van der Waals surface area (Å²) in [5, 5.41) is 0. The summed E-state index contributed by atoms with van der Waals surface area (Å²) in [6.45, 7) is 1.40. The van der Waals surface area contributed by atoms with E-state index in [1.165, 1.54) is 6.92 Å². The Labute approximate surface area is 126 Å². The lowest BCUT2D eigenvalue weighted by atomic mass is 10.0. The number of carbonyl (C=O) groups is 1. The van der Waals surface area contributed by atoms with E-state index in [1.54, 1.807) is 0 Å². The highest BCUT2D eigenvalue weighted by molar-refractivity contribution is 5.69. The van der Waals surface area contributed by atoms with E-state index >= 15 is 0 Å². The van der Waals surface area contributed by atoms with E-state index in [-0.39, 0.29) is 5.97 Å². The maximum Gasteiger partial charge on any atom is 0.304 e. The first-order chi connectivity index (χ1) is 10.3. The summed E-state index contributed by atoms with van der Waals surface area (Å²) in [5.74, 6) is 12.1. The molecule has 0 N–H and O–H groups in total.